The highest BCUT2D eigenvalue weighted by Gasteiger charge is 2.37. The third kappa shape index (κ3) is 14.5. The van der Waals surface area contributed by atoms with E-state index in [9.17, 15) is 31.9 Å². The maximum Gasteiger partial charge on any atom is 0.435 e. The first-order chi connectivity index (χ1) is 42.1. The van der Waals surface area contributed by atoms with E-state index < -0.39 is 11.9 Å². The Kier molecular flexibility index (Phi) is 19.1. The molecule has 12 rings (SSSR count). The van der Waals surface area contributed by atoms with Gasteiger partial charge in [-0.3, -0.25) is 14.4 Å². The summed E-state index contributed by atoms with van der Waals surface area (Å²) in [5, 5.41) is 42.3. The number of pyridine rings is 2. The van der Waals surface area contributed by atoms with Crippen LogP contribution in [0.5, 0.6) is 0 Å². The Morgan fingerprint density at radius 1 is 0.471 bits per heavy atom. The number of piperidine rings is 3. The maximum atomic E-state index is 13.4. The molecule has 450 valence electrons. The van der Waals surface area contributed by atoms with Gasteiger partial charge in [-0.15, -0.1) is 10.2 Å². The molecule has 27 heteroatoms. The van der Waals surface area contributed by atoms with Crippen molar-refractivity contribution < 1.29 is 31.9 Å². The Balaban J connectivity index is 0.000000145. The lowest BCUT2D eigenvalue weighted by molar-refractivity contribution is -0.141. The van der Waals surface area contributed by atoms with E-state index in [4.69, 9.17) is 11.6 Å². The summed E-state index contributed by atoms with van der Waals surface area (Å²) in [5.74, 6) is 0.994. The average molecular weight is 1210 g/mol. The fourth-order valence-electron chi connectivity index (χ4n) is 10.9. The zero-order valence-corrected chi connectivity index (χ0v) is 48.4. The molecule has 0 radical (unpaired) electrons. The monoisotopic (exact) mass is 1210 g/mol. The molecule has 22 nitrogen and oxygen atoms in total. The van der Waals surface area contributed by atoms with Crippen LogP contribution in [-0.4, -0.2) is 153 Å². The number of hydrogen-bond donors (Lipinski definition) is 3. The van der Waals surface area contributed by atoms with Crippen LogP contribution in [0.3, 0.4) is 0 Å². The van der Waals surface area contributed by atoms with Crippen molar-refractivity contribution in [3.05, 3.63) is 192 Å². The third-order valence-electron chi connectivity index (χ3n) is 15.5. The molecule has 3 amide bonds. The molecule has 9 heterocycles. The number of likely N-dealkylation sites (tertiary alicyclic amines) is 3. The van der Waals surface area contributed by atoms with Gasteiger partial charge in [0.1, 0.15) is 23.3 Å². The second kappa shape index (κ2) is 27.5. The van der Waals surface area contributed by atoms with Crippen molar-refractivity contribution in [2.75, 3.05) is 35.6 Å². The molecule has 3 aliphatic heterocycles. The van der Waals surface area contributed by atoms with Crippen LogP contribution in [0.15, 0.2) is 159 Å². The highest BCUT2D eigenvalue weighted by atomic mass is 35.5. The fraction of sp³-hybridized carbons (Fsp3) is 0.317. The summed E-state index contributed by atoms with van der Waals surface area (Å²) in [4.78, 5) is 58.3. The molecule has 3 N–H and O–H groups in total. The van der Waals surface area contributed by atoms with Crippen molar-refractivity contribution >= 4 is 46.8 Å². The minimum Gasteiger partial charge on any atom is -0.365 e. The number of carbonyl (C=O) groups is 3. The van der Waals surface area contributed by atoms with Gasteiger partial charge in [0.15, 0.2) is 5.69 Å². The Morgan fingerprint density at radius 3 is 1.16 bits per heavy atom. The van der Waals surface area contributed by atoms with Crippen LogP contribution in [0, 0.1) is 5.82 Å². The molecular formula is C60H62ClF4N19O3. The maximum absolute atomic E-state index is 13.4. The minimum atomic E-state index is -4.54. The number of aromatic nitrogens is 13. The van der Waals surface area contributed by atoms with Gasteiger partial charge >= 0.3 is 6.18 Å². The molecule has 3 fully saturated rings. The predicted molar refractivity (Wildman–Crippen MR) is 316 cm³/mol. The van der Waals surface area contributed by atoms with E-state index in [1.54, 1.807) is 72.3 Å². The average Bonchev–Trinajstić information content (AvgIpc) is 3.19. The number of nitrogens with zero attached hydrogens (tertiary/aromatic N) is 16. The molecule has 3 aliphatic rings. The number of hydrogen-bond acceptors (Lipinski definition) is 16. The molecule has 87 heavy (non-hydrogen) atoms. The summed E-state index contributed by atoms with van der Waals surface area (Å²) >= 11 is 5.92. The number of halogens is 5. The Labute approximate surface area is 503 Å². The molecule has 0 spiro atoms. The lowest BCUT2D eigenvalue weighted by atomic mass is 9.96. The van der Waals surface area contributed by atoms with Crippen molar-refractivity contribution in [3.8, 4) is 17.1 Å². The van der Waals surface area contributed by atoms with Crippen LogP contribution in [-0.2, 0) is 6.18 Å². The van der Waals surface area contributed by atoms with E-state index in [0.29, 0.717) is 64.2 Å². The topological polar surface area (TPSA) is 241 Å². The molecule has 6 atom stereocenters. The number of rotatable bonds is 12. The molecular weight excluding hydrogens is 1150 g/mol. The van der Waals surface area contributed by atoms with E-state index in [1.807, 2.05) is 78.2 Å². The van der Waals surface area contributed by atoms with E-state index in [-0.39, 0.29) is 65.6 Å². The number of nitrogens with one attached hydrogen (secondary N) is 3. The summed E-state index contributed by atoms with van der Waals surface area (Å²) in [6, 6.07) is 30.3. The molecule has 3 aromatic carbocycles. The Hall–Kier alpha value is -9.72. The van der Waals surface area contributed by atoms with Gasteiger partial charge in [0.05, 0.1) is 82.2 Å². The van der Waals surface area contributed by atoms with Crippen LogP contribution < -0.4 is 16.0 Å². The van der Waals surface area contributed by atoms with Crippen molar-refractivity contribution in [1.82, 2.24) is 79.8 Å². The molecule has 6 aromatic heterocycles. The van der Waals surface area contributed by atoms with Crippen molar-refractivity contribution in [2.24, 2.45) is 0 Å². The normalized spacial score (nSPS) is 19.4. The molecule has 0 saturated carbocycles. The standard InChI is InChI=1S/C20H21ClN6O.C20H20F3N7O.C20H21FN6O/c1-14-17(25-19-9-8-15(21)13-22-19)6-4-12-26(14)20(28)16-5-2-3-7-18(16)27-23-10-11-24-27;1-13-15(26-18-9-8-17(27-28-18)20(21,22)23)6-4-12-29(13)19(31)14-5-2-3-7-16(14)30-24-10-11-25-30;1-14-17(25-19-9-8-15(21)13-22-19)6-4-12-26(14)20(28)16-5-2-3-7-18(16)27-23-10-11-24-27/h2-3,5,7-11,13-14,17H,4,6,12H2,1H3,(H,22,25);2-3,5,7-11,13,15H,4,6,12H2,1H3,(H,26,28);2-3,5,7-11,13-14,17H,4,6,12H2,1H3,(H,22,25)/t14-,17+;13-,15+;14-,17+/m000/s1. The van der Waals surface area contributed by atoms with Gasteiger partial charge in [-0.25, -0.2) is 14.4 Å². The second-order valence-corrected chi connectivity index (χ2v) is 21.4. The summed E-state index contributed by atoms with van der Waals surface area (Å²) in [5.41, 5.74) is 2.49. The van der Waals surface area contributed by atoms with E-state index in [0.717, 1.165) is 50.4 Å². The Morgan fingerprint density at radius 2 is 0.828 bits per heavy atom. The first-order valence-electron chi connectivity index (χ1n) is 28.3. The van der Waals surface area contributed by atoms with Gasteiger partial charge in [0, 0.05) is 62.1 Å². The fourth-order valence-corrected chi connectivity index (χ4v) is 11.0. The van der Waals surface area contributed by atoms with E-state index in [2.05, 4.69) is 73.6 Å². The lowest BCUT2D eigenvalue weighted by Crippen LogP contribution is -2.52. The lowest BCUT2D eigenvalue weighted by Gasteiger charge is -2.40. The number of anilines is 3. The van der Waals surface area contributed by atoms with Crippen LogP contribution in [0.4, 0.5) is 35.0 Å². The molecule has 0 unspecified atom stereocenters. The first-order valence-corrected chi connectivity index (χ1v) is 28.7. The summed E-state index contributed by atoms with van der Waals surface area (Å²) in [6.07, 6.45) is 12.9. The van der Waals surface area contributed by atoms with Crippen molar-refractivity contribution in [1.29, 1.82) is 0 Å². The SMILES string of the molecule is C[C@H]1[C@H](Nc2ccc(C(F)(F)F)nn2)CCCN1C(=O)c1ccccc1-n1nccn1.C[C@H]1[C@H](Nc2ccc(Cl)cn2)CCCN1C(=O)c1ccccc1-n1nccn1.C[C@H]1[C@H](Nc2ccc(F)cn2)CCCN1C(=O)c1ccccc1-n1nccn1. The predicted octanol–water partition coefficient (Wildman–Crippen LogP) is 9.51. The highest BCUT2D eigenvalue weighted by molar-refractivity contribution is 6.30. The molecule has 0 bridgehead atoms. The van der Waals surface area contributed by atoms with E-state index >= 15 is 0 Å². The molecule has 0 aliphatic carbocycles. The Bertz CT molecular complexity index is 3540. The number of carbonyl (C=O) groups excluding carboxylic acids is 3. The van der Waals surface area contributed by atoms with Crippen LogP contribution in [0.1, 0.15) is 96.1 Å². The van der Waals surface area contributed by atoms with Crippen LogP contribution in [0.2, 0.25) is 5.02 Å². The summed E-state index contributed by atoms with van der Waals surface area (Å²) < 4.78 is 51.2. The van der Waals surface area contributed by atoms with Gasteiger partial charge in [0.2, 0.25) is 0 Å². The van der Waals surface area contributed by atoms with Gasteiger partial charge in [-0.05, 0) is 132 Å². The van der Waals surface area contributed by atoms with Crippen LogP contribution in [0.25, 0.3) is 17.1 Å². The zero-order valence-electron chi connectivity index (χ0n) is 47.6. The van der Waals surface area contributed by atoms with Crippen molar-refractivity contribution in [3.63, 3.8) is 0 Å². The van der Waals surface area contributed by atoms with Gasteiger partial charge in [0.25, 0.3) is 17.7 Å². The summed E-state index contributed by atoms with van der Waals surface area (Å²) in [6.45, 7) is 7.95. The summed E-state index contributed by atoms with van der Waals surface area (Å²) in [7, 11) is 0. The van der Waals surface area contributed by atoms with Gasteiger partial charge in [-0.1, -0.05) is 48.0 Å². The largest absolute Gasteiger partial charge is 0.435 e. The number of amides is 3. The first kappa shape index (κ1) is 60.4. The van der Waals surface area contributed by atoms with E-state index in [1.165, 1.54) is 45.1 Å². The number of benzene rings is 3. The highest BCUT2D eigenvalue weighted by Crippen LogP contribution is 2.30. The third-order valence-corrected chi connectivity index (χ3v) is 15.7. The number of para-hydroxylation sites is 3. The van der Waals surface area contributed by atoms with Gasteiger partial charge in [-0.2, -0.15) is 58.2 Å². The minimum absolute atomic E-state index is 0.0114. The zero-order chi connectivity index (χ0) is 61.0. The number of alkyl halides is 3. The van der Waals surface area contributed by atoms with Crippen molar-refractivity contribution in [2.45, 2.75) is 102 Å². The molecule has 9 aromatic rings. The van der Waals surface area contributed by atoms with Gasteiger partial charge < -0.3 is 30.7 Å². The smallest absolute Gasteiger partial charge is 0.365 e. The molecule has 3 saturated heterocycles. The second-order valence-electron chi connectivity index (χ2n) is 20.9. The quantitative estimate of drug-likeness (QED) is 0.0965. The van der Waals surface area contributed by atoms with Crippen LogP contribution >= 0.6 is 11.6 Å².